The Morgan fingerprint density at radius 3 is 2.43 bits per heavy atom. The molecule has 3 aromatic rings. The molecule has 0 atom stereocenters. The first kappa shape index (κ1) is 21.5. The highest BCUT2D eigenvalue weighted by Crippen LogP contribution is 2.22. The quantitative estimate of drug-likeness (QED) is 0.525. The van der Waals surface area contributed by atoms with Gasteiger partial charge in [-0.2, -0.15) is 9.78 Å². The number of rotatable bonds is 9. The van der Waals surface area contributed by atoms with E-state index in [9.17, 15) is 9.59 Å². The lowest BCUT2D eigenvalue weighted by Gasteiger charge is -2.15. The first-order valence-electron chi connectivity index (χ1n) is 10.4. The molecule has 0 aliphatic carbocycles. The number of ether oxygens (including phenoxy) is 1. The van der Waals surface area contributed by atoms with Crippen LogP contribution in [0.5, 0.6) is 5.75 Å². The minimum absolute atomic E-state index is 0.228. The van der Waals surface area contributed by atoms with Gasteiger partial charge in [0, 0.05) is 18.4 Å². The molecule has 0 saturated carbocycles. The van der Waals surface area contributed by atoms with E-state index in [4.69, 9.17) is 4.74 Å². The Labute approximate surface area is 176 Å². The van der Waals surface area contributed by atoms with E-state index in [0.29, 0.717) is 28.8 Å². The Hall–Kier alpha value is -3.19. The molecule has 0 spiro atoms. The molecule has 158 valence electrons. The van der Waals surface area contributed by atoms with Gasteiger partial charge in [0.2, 0.25) is 0 Å². The van der Waals surface area contributed by atoms with Gasteiger partial charge in [0.05, 0.1) is 32.1 Å². The number of methoxy groups -OCH3 is 1. The fraction of sp³-hybridized carbons (Fsp3) is 0.348. The number of para-hydroxylation sites is 2. The third kappa shape index (κ3) is 4.52. The van der Waals surface area contributed by atoms with E-state index in [0.717, 1.165) is 26.1 Å². The molecule has 7 heteroatoms. The van der Waals surface area contributed by atoms with E-state index in [1.54, 1.807) is 42.5 Å². The zero-order valence-electron chi connectivity index (χ0n) is 17.8. The summed E-state index contributed by atoms with van der Waals surface area (Å²) in [4.78, 5) is 27.5. The molecule has 0 aliphatic heterocycles. The van der Waals surface area contributed by atoms with Crippen molar-refractivity contribution in [2.45, 2.75) is 20.3 Å². The van der Waals surface area contributed by atoms with Crippen LogP contribution in [0.4, 0.5) is 0 Å². The SMILES string of the molecule is CC[NH+](CC)CCCNC(=O)c1nn(-c2ccccc2OC)c(=O)c2ccccc12. The molecule has 0 bridgehead atoms. The number of hydrogen-bond donors (Lipinski definition) is 2. The van der Waals surface area contributed by atoms with Crippen molar-refractivity contribution in [3.8, 4) is 11.4 Å². The van der Waals surface area contributed by atoms with Crippen LogP contribution in [0.3, 0.4) is 0 Å². The van der Waals surface area contributed by atoms with E-state index in [1.165, 1.54) is 16.7 Å². The first-order chi connectivity index (χ1) is 14.6. The van der Waals surface area contributed by atoms with Crippen molar-refractivity contribution >= 4 is 16.7 Å². The van der Waals surface area contributed by atoms with Crippen LogP contribution in [-0.4, -0.2) is 49.0 Å². The fourth-order valence-corrected chi connectivity index (χ4v) is 3.55. The van der Waals surface area contributed by atoms with E-state index < -0.39 is 0 Å². The van der Waals surface area contributed by atoms with Crippen molar-refractivity contribution in [2.75, 3.05) is 33.3 Å². The molecule has 7 nitrogen and oxygen atoms in total. The van der Waals surface area contributed by atoms with Crippen LogP contribution in [0.15, 0.2) is 53.3 Å². The molecule has 30 heavy (non-hydrogen) atoms. The molecular weight excluding hydrogens is 380 g/mol. The van der Waals surface area contributed by atoms with Gasteiger partial charge in [0.1, 0.15) is 11.4 Å². The Kier molecular flexibility index (Phi) is 7.19. The number of hydrogen-bond acceptors (Lipinski definition) is 4. The van der Waals surface area contributed by atoms with Gasteiger partial charge in [-0.15, -0.1) is 0 Å². The maximum atomic E-state index is 13.1. The molecule has 0 fully saturated rings. The summed E-state index contributed by atoms with van der Waals surface area (Å²) in [5.41, 5.74) is 0.429. The summed E-state index contributed by atoms with van der Waals surface area (Å²) in [6, 6.07) is 14.2. The van der Waals surface area contributed by atoms with Gasteiger partial charge in [-0.1, -0.05) is 30.3 Å². The summed E-state index contributed by atoms with van der Waals surface area (Å²) >= 11 is 0. The van der Waals surface area contributed by atoms with Crippen LogP contribution < -0.4 is 20.5 Å². The Balaban J connectivity index is 1.95. The molecule has 2 N–H and O–H groups in total. The van der Waals surface area contributed by atoms with Gasteiger partial charge in [-0.05, 0) is 32.0 Å². The molecule has 1 heterocycles. The van der Waals surface area contributed by atoms with Gasteiger partial charge in [0.25, 0.3) is 11.5 Å². The molecule has 1 amide bonds. The average Bonchev–Trinajstić information content (AvgIpc) is 2.79. The Morgan fingerprint density at radius 2 is 1.73 bits per heavy atom. The van der Waals surface area contributed by atoms with Gasteiger partial charge in [-0.3, -0.25) is 9.59 Å². The maximum absolute atomic E-state index is 13.1. The van der Waals surface area contributed by atoms with E-state index in [2.05, 4.69) is 24.3 Å². The molecule has 0 saturated heterocycles. The Morgan fingerprint density at radius 1 is 1.07 bits per heavy atom. The second kappa shape index (κ2) is 10.0. The summed E-state index contributed by atoms with van der Waals surface area (Å²) in [6.45, 7) is 8.03. The van der Waals surface area contributed by atoms with Gasteiger partial charge >= 0.3 is 0 Å². The first-order valence-corrected chi connectivity index (χ1v) is 10.4. The highest BCUT2D eigenvalue weighted by molar-refractivity contribution is 6.04. The van der Waals surface area contributed by atoms with Crippen molar-refractivity contribution in [2.24, 2.45) is 0 Å². The molecule has 0 aliphatic rings. The number of amides is 1. The molecule has 2 aromatic carbocycles. The van der Waals surface area contributed by atoms with Crippen LogP contribution in [0.2, 0.25) is 0 Å². The average molecular weight is 410 g/mol. The lowest BCUT2D eigenvalue weighted by Crippen LogP contribution is -3.11. The standard InChI is InChI=1S/C23H28N4O3/c1-4-26(5-2)16-10-15-24-22(28)21-17-11-6-7-12-18(17)23(29)27(25-21)19-13-8-9-14-20(19)30-3/h6-9,11-14H,4-5,10,15-16H2,1-3H3,(H,24,28)/p+1. The predicted octanol–water partition coefficient (Wildman–Crippen LogP) is 1.44. The van der Waals surface area contributed by atoms with Crippen molar-refractivity contribution in [1.82, 2.24) is 15.1 Å². The second-order valence-corrected chi connectivity index (χ2v) is 7.10. The summed E-state index contributed by atoms with van der Waals surface area (Å²) in [7, 11) is 1.54. The van der Waals surface area contributed by atoms with Crippen LogP contribution in [0.1, 0.15) is 30.8 Å². The molecule has 3 rings (SSSR count). The van der Waals surface area contributed by atoms with Crippen LogP contribution in [0, 0.1) is 0 Å². The van der Waals surface area contributed by atoms with Crippen molar-refractivity contribution in [3.63, 3.8) is 0 Å². The number of benzene rings is 2. The third-order valence-corrected chi connectivity index (χ3v) is 5.33. The second-order valence-electron chi connectivity index (χ2n) is 7.10. The monoisotopic (exact) mass is 409 g/mol. The number of quaternary nitrogens is 1. The minimum Gasteiger partial charge on any atom is -0.494 e. The topological polar surface area (TPSA) is 77.7 Å². The summed E-state index contributed by atoms with van der Waals surface area (Å²) in [6.07, 6.45) is 0.882. The van der Waals surface area contributed by atoms with Gasteiger partial charge < -0.3 is 15.0 Å². The molecule has 0 radical (unpaired) electrons. The normalized spacial score (nSPS) is 11.1. The van der Waals surface area contributed by atoms with Gasteiger partial charge in [-0.25, -0.2) is 0 Å². The van der Waals surface area contributed by atoms with E-state index in [1.807, 2.05) is 6.07 Å². The largest absolute Gasteiger partial charge is 0.494 e. The zero-order chi connectivity index (χ0) is 21.5. The third-order valence-electron chi connectivity index (χ3n) is 5.33. The fourth-order valence-electron chi connectivity index (χ4n) is 3.55. The molecule has 1 aromatic heterocycles. The number of fused-ring (bicyclic) bond motifs is 1. The van der Waals surface area contributed by atoms with Crippen LogP contribution >= 0.6 is 0 Å². The van der Waals surface area contributed by atoms with Crippen molar-refractivity contribution in [1.29, 1.82) is 0 Å². The van der Waals surface area contributed by atoms with Crippen LogP contribution in [0.25, 0.3) is 16.5 Å². The summed E-state index contributed by atoms with van der Waals surface area (Å²) < 4.78 is 6.63. The van der Waals surface area contributed by atoms with Crippen LogP contribution in [-0.2, 0) is 0 Å². The highest BCUT2D eigenvalue weighted by Gasteiger charge is 2.18. The van der Waals surface area contributed by atoms with E-state index >= 15 is 0 Å². The van der Waals surface area contributed by atoms with E-state index in [-0.39, 0.29) is 17.2 Å². The lowest BCUT2D eigenvalue weighted by atomic mass is 10.1. The van der Waals surface area contributed by atoms with Crippen molar-refractivity contribution < 1.29 is 14.4 Å². The lowest BCUT2D eigenvalue weighted by molar-refractivity contribution is -0.896. The number of nitrogens with zero attached hydrogens (tertiary/aromatic N) is 2. The Bertz CT molecular complexity index is 1070. The maximum Gasteiger partial charge on any atom is 0.279 e. The van der Waals surface area contributed by atoms with Crippen molar-refractivity contribution in [3.05, 3.63) is 64.6 Å². The number of carbonyl (C=O) groups is 1. The summed E-state index contributed by atoms with van der Waals surface area (Å²) in [5, 5.41) is 8.38. The molecular formula is C23H29N4O3+. The van der Waals surface area contributed by atoms with Gasteiger partial charge in [0.15, 0.2) is 5.69 Å². The predicted molar refractivity (Wildman–Crippen MR) is 118 cm³/mol. The number of aromatic nitrogens is 2. The highest BCUT2D eigenvalue weighted by atomic mass is 16.5. The molecule has 0 unspecified atom stereocenters. The number of carbonyl (C=O) groups excluding carboxylic acids is 1. The summed E-state index contributed by atoms with van der Waals surface area (Å²) in [5.74, 6) is 0.223. The zero-order valence-corrected chi connectivity index (χ0v) is 17.8. The smallest absolute Gasteiger partial charge is 0.279 e. The number of nitrogens with one attached hydrogen (secondary N) is 2. The minimum atomic E-state index is -0.295.